The zero-order valence-electron chi connectivity index (χ0n) is 76.2. The predicted octanol–water partition coefficient (Wildman–Crippen LogP) is 33.1. The fourth-order valence-corrected chi connectivity index (χ4v) is 20.8. The van der Waals surface area contributed by atoms with E-state index in [-0.39, 0.29) is 0 Å². The van der Waals surface area contributed by atoms with E-state index in [9.17, 15) is 0 Å². The lowest BCUT2D eigenvalue weighted by atomic mass is 9.83. The molecule has 12 heteroatoms. The number of nitrogens with zero attached hydrogens (tertiary/aromatic N) is 11. The molecule has 1 aliphatic carbocycles. The van der Waals surface area contributed by atoms with Gasteiger partial charge in [-0.2, -0.15) is 0 Å². The molecule has 140 heavy (non-hydrogen) atoms. The van der Waals surface area contributed by atoms with Gasteiger partial charge < -0.3 is 8.98 Å². The maximum Gasteiger partial charge on any atom is 0.227 e. The smallest absolute Gasteiger partial charge is 0.227 e. The first-order chi connectivity index (χ1) is 69.3. The van der Waals surface area contributed by atoms with Gasteiger partial charge in [-0.25, -0.2) is 49.8 Å². The number of aromatic nitrogens is 11. The first-order valence-electron chi connectivity index (χ1n) is 47.9. The number of rotatable bonds is 12. The minimum absolute atomic E-state index is 0.592. The predicted molar refractivity (Wildman–Crippen MR) is 577 cm³/mol. The van der Waals surface area contributed by atoms with E-state index in [2.05, 4.69) is 338 Å². The summed E-state index contributed by atoms with van der Waals surface area (Å²) in [5.74, 6) is 7.10. The van der Waals surface area contributed by atoms with Gasteiger partial charge >= 0.3 is 0 Å². The number of hydrogen-bond acceptors (Lipinski definition) is 11. The van der Waals surface area contributed by atoms with E-state index in [0.717, 1.165) is 94.4 Å². The highest BCUT2D eigenvalue weighted by Gasteiger charge is 2.24. The van der Waals surface area contributed by atoms with Crippen molar-refractivity contribution in [1.82, 2.24) is 54.4 Å². The summed E-state index contributed by atoms with van der Waals surface area (Å²) >= 11 is 0. The highest BCUT2D eigenvalue weighted by atomic mass is 16.3. The molecule has 5 heterocycles. The maximum absolute atomic E-state index is 6.38. The summed E-state index contributed by atoms with van der Waals surface area (Å²) in [5.41, 5.74) is 15.9. The zero-order chi connectivity index (χ0) is 92.5. The maximum atomic E-state index is 6.38. The third-order valence-corrected chi connectivity index (χ3v) is 27.8. The molecule has 0 bridgehead atoms. The summed E-state index contributed by atoms with van der Waals surface area (Å²) in [6.07, 6.45) is 6.51. The Balaban J connectivity index is 0.000000108. The Morgan fingerprint density at radius 2 is 0.464 bits per heavy atom. The van der Waals surface area contributed by atoms with Crippen molar-refractivity contribution in [1.29, 1.82) is 0 Å². The van der Waals surface area contributed by atoms with Gasteiger partial charge in [-0.15, -0.1) is 0 Å². The second kappa shape index (κ2) is 35.2. The van der Waals surface area contributed by atoms with Crippen molar-refractivity contribution in [2.45, 2.75) is 38.0 Å². The van der Waals surface area contributed by atoms with Gasteiger partial charge in [0.25, 0.3) is 0 Å². The number of para-hydroxylation sites is 2. The topological polar surface area (TPSA) is 147 Å². The number of oxazole rings is 1. The highest BCUT2D eigenvalue weighted by molar-refractivity contribution is 6.21. The van der Waals surface area contributed by atoms with Crippen LogP contribution in [-0.2, 0) is 0 Å². The van der Waals surface area contributed by atoms with E-state index in [1.165, 1.54) is 151 Å². The van der Waals surface area contributed by atoms with E-state index < -0.39 is 0 Å². The molecule has 0 saturated heterocycles. The quantitative estimate of drug-likeness (QED) is 0.108. The minimum atomic E-state index is 0.592. The lowest BCUT2D eigenvalue weighted by Crippen LogP contribution is -2.05. The molecule has 0 unspecified atom stereocenters. The van der Waals surface area contributed by atoms with Crippen molar-refractivity contribution in [3.63, 3.8) is 0 Å². The molecule has 0 radical (unpaired) electrons. The average molecular weight is 1790 g/mol. The molecule has 1 saturated carbocycles. The molecule has 28 rings (SSSR count). The molecule has 0 aliphatic heterocycles. The Bertz CT molecular complexity index is 9510. The molecule has 27 aromatic rings. The molecule has 0 N–H and O–H groups in total. The molecule has 0 amide bonds. The molecule has 0 spiro atoms. The van der Waals surface area contributed by atoms with Gasteiger partial charge in [0, 0.05) is 77.5 Å². The largest absolute Gasteiger partial charge is 0.435 e. The van der Waals surface area contributed by atoms with Gasteiger partial charge in [0.15, 0.2) is 58.0 Å². The second-order valence-corrected chi connectivity index (χ2v) is 36.3. The van der Waals surface area contributed by atoms with Gasteiger partial charge in [-0.05, 0) is 212 Å². The summed E-state index contributed by atoms with van der Waals surface area (Å²) in [6, 6.07) is 157. The molecule has 0 atom stereocenters. The van der Waals surface area contributed by atoms with Crippen LogP contribution in [0.15, 0.2) is 453 Å². The fourth-order valence-electron chi connectivity index (χ4n) is 20.8. The van der Waals surface area contributed by atoms with Crippen molar-refractivity contribution in [3.05, 3.63) is 454 Å². The third kappa shape index (κ3) is 15.3. The van der Waals surface area contributed by atoms with Crippen LogP contribution < -0.4 is 0 Å². The Kier molecular flexibility index (Phi) is 20.7. The second-order valence-electron chi connectivity index (χ2n) is 36.3. The lowest BCUT2D eigenvalue weighted by Gasteiger charge is -2.22. The molecule has 5 aromatic heterocycles. The number of hydrogen-bond donors (Lipinski definition) is 0. The van der Waals surface area contributed by atoms with Gasteiger partial charge in [0.05, 0.1) is 11.0 Å². The van der Waals surface area contributed by atoms with Crippen LogP contribution in [0.3, 0.4) is 0 Å². The van der Waals surface area contributed by atoms with Crippen molar-refractivity contribution in [2.24, 2.45) is 0 Å². The number of benzene rings is 22. The first kappa shape index (κ1) is 82.4. The van der Waals surface area contributed by atoms with Crippen LogP contribution in [0.25, 0.3) is 260 Å². The zero-order valence-corrected chi connectivity index (χ0v) is 76.2. The van der Waals surface area contributed by atoms with E-state index in [0.29, 0.717) is 58.4 Å². The Morgan fingerprint density at radius 3 is 0.857 bits per heavy atom. The van der Waals surface area contributed by atoms with Crippen LogP contribution in [0.4, 0.5) is 0 Å². The van der Waals surface area contributed by atoms with Crippen LogP contribution in [0.2, 0.25) is 0 Å². The van der Waals surface area contributed by atoms with Gasteiger partial charge in [-0.3, -0.25) is 0 Å². The molecular weight excluding hydrogens is 1710 g/mol. The molecular formula is C128H85N11O. The van der Waals surface area contributed by atoms with Crippen LogP contribution >= 0.6 is 0 Å². The van der Waals surface area contributed by atoms with Crippen molar-refractivity contribution in [3.8, 4) is 120 Å². The van der Waals surface area contributed by atoms with E-state index in [4.69, 9.17) is 54.3 Å². The van der Waals surface area contributed by atoms with Crippen molar-refractivity contribution < 1.29 is 4.42 Å². The SMILES string of the molecule is c1ccc(-c2nc(-c3ccc(-n4c5ccccc5c5ccccc54)cc3)nc(-c3ccc4ccc5c6ccccc6ccc5c4c3)n2)cc1.c1ccc(-c2nc(-c3ccc4ccc5c6ccccc6ccc5c4c3)nc(-c3ccc4ccc5nc(-c6ccccc6)oc5c4c3)n2)cc1.c1ccc(-c2nc(-c3cccc(C4CCCCC4)c3)nc(-c3ccc4ccc5c6ccccc6ccc5c4c3)n2)cc1. The summed E-state index contributed by atoms with van der Waals surface area (Å²) in [6.45, 7) is 0. The molecule has 22 aromatic carbocycles. The molecule has 12 nitrogen and oxygen atoms in total. The van der Waals surface area contributed by atoms with Crippen LogP contribution in [0, 0.1) is 0 Å². The van der Waals surface area contributed by atoms with Crippen LogP contribution in [-0.4, -0.2) is 54.4 Å². The Labute approximate surface area is 806 Å². The minimum Gasteiger partial charge on any atom is -0.435 e. The first-order valence-corrected chi connectivity index (χ1v) is 47.9. The summed E-state index contributed by atoms with van der Waals surface area (Å²) in [4.78, 5) is 50.2. The van der Waals surface area contributed by atoms with Crippen molar-refractivity contribution >= 4 is 141 Å². The monoisotopic (exact) mass is 1790 g/mol. The third-order valence-electron chi connectivity index (χ3n) is 27.8. The summed E-state index contributed by atoms with van der Waals surface area (Å²) < 4.78 is 8.71. The van der Waals surface area contributed by atoms with E-state index in [1.807, 2.05) is 115 Å². The number of fused-ring (bicyclic) bond motifs is 21. The average Bonchev–Trinajstić information content (AvgIpc) is 1.39. The summed E-state index contributed by atoms with van der Waals surface area (Å²) in [7, 11) is 0. The van der Waals surface area contributed by atoms with Gasteiger partial charge in [0.2, 0.25) is 5.89 Å². The van der Waals surface area contributed by atoms with E-state index in [1.54, 1.807) is 0 Å². The lowest BCUT2D eigenvalue weighted by molar-refractivity contribution is 0.443. The van der Waals surface area contributed by atoms with Crippen LogP contribution in [0.1, 0.15) is 43.6 Å². The molecule has 1 aliphatic rings. The summed E-state index contributed by atoms with van der Waals surface area (Å²) in [5, 5.41) is 26.5. The fraction of sp³-hybridized carbons (Fsp3) is 0.0469. The highest BCUT2D eigenvalue weighted by Crippen LogP contribution is 2.43. The standard InChI is InChI=1S/C45H28N4.C44H26N4O.C39H31N3/c1-2-11-31(12-3-1)43-46-44(32-20-24-34(25-21-32)49-41-16-8-6-14-38(41)39-15-7-9-17-42(39)49)48-45(47-43)33-19-18-30-23-26-36-35-13-5-4-10-29(35)22-27-37(36)40(30)28-33;1-3-10-30(11-4-1)41-46-42(32-17-15-28-20-22-35-34-14-8-7-9-27(34)19-23-36(35)37(28)25-32)48-43(47-41)33-18-16-29-21-24-39-40(38(29)26-33)49-44(45-39)31-12-5-2-6-13-31;1-3-10-26(11-4-1)30-15-9-16-31(24-30)38-40-37(29-13-5-2-6-14-29)41-39(42-38)32-19-18-28-21-22-34-33-17-8-7-12-27(33)20-23-35(34)36(28)25-32/h1-28H;1-26H;2,5-9,12-26H,1,3-4,10-11H2. The van der Waals surface area contributed by atoms with Crippen molar-refractivity contribution in [2.75, 3.05) is 0 Å². The van der Waals surface area contributed by atoms with E-state index >= 15 is 0 Å². The Morgan fingerprint density at radius 1 is 0.186 bits per heavy atom. The molecule has 1 fully saturated rings. The van der Waals surface area contributed by atoms with Gasteiger partial charge in [-0.1, -0.05) is 383 Å². The Hall–Kier alpha value is -18.3. The van der Waals surface area contributed by atoms with Gasteiger partial charge in [0.1, 0.15) is 5.52 Å². The normalized spacial score (nSPS) is 12.4. The van der Waals surface area contributed by atoms with Crippen LogP contribution in [0.5, 0.6) is 0 Å². The molecule has 658 valence electrons.